The molecule has 0 amide bonds. The van der Waals surface area contributed by atoms with E-state index in [0.717, 1.165) is 6.07 Å². The fraction of sp³-hybridized carbons (Fsp3) is 0.167. The van der Waals surface area contributed by atoms with Gasteiger partial charge in [-0.3, -0.25) is 4.79 Å². The fourth-order valence-electron chi connectivity index (χ4n) is 1.66. The van der Waals surface area contributed by atoms with E-state index in [1.807, 2.05) is 0 Å². The van der Waals surface area contributed by atoms with Gasteiger partial charge in [0.15, 0.2) is 0 Å². The highest BCUT2D eigenvalue weighted by molar-refractivity contribution is 9.10. The molecule has 0 aliphatic rings. The van der Waals surface area contributed by atoms with Crippen LogP contribution in [0.25, 0.3) is 11.4 Å². The number of hydrogen-bond acceptors (Lipinski definition) is 2. The Morgan fingerprint density at radius 2 is 1.95 bits per heavy atom. The molecule has 100 valence electrons. The summed E-state index contributed by atoms with van der Waals surface area (Å²) in [7, 11) is 0. The van der Waals surface area contributed by atoms with Crippen molar-refractivity contribution < 1.29 is 13.2 Å². The summed E-state index contributed by atoms with van der Waals surface area (Å²) in [5, 5.41) is 0. The Hall–Kier alpha value is -1.63. The summed E-state index contributed by atoms with van der Waals surface area (Å²) in [6.45, 7) is 1.55. The number of benzene rings is 1. The molecule has 1 aromatic carbocycles. The van der Waals surface area contributed by atoms with Crippen LogP contribution in [0.5, 0.6) is 0 Å². The van der Waals surface area contributed by atoms with Gasteiger partial charge in [0.1, 0.15) is 5.82 Å². The van der Waals surface area contributed by atoms with Crippen molar-refractivity contribution in [1.29, 1.82) is 0 Å². The molecule has 0 saturated carbocycles. The number of nitrogens with zero attached hydrogens (tertiary/aromatic N) is 1. The molecular weight excluding hydrogens is 325 g/mol. The zero-order chi connectivity index (χ0) is 14.2. The van der Waals surface area contributed by atoms with Crippen molar-refractivity contribution in [3.05, 3.63) is 50.3 Å². The summed E-state index contributed by atoms with van der Waals surface area (Å²) in [6, 6.07) is 4.91. The van der Waals surface area contributed by atoms with E-state index in [1.54, 1.807) is 6.92 Å². The molecule has 2 aromatic rings. The second kappa shape index (κ2) is 4.80. The maximum atomic E-state index is 13.0. The van der Waals surface area contributed by atoms with Gasteiger partial charge in [0.2, 0.25) is 0 Å². The summed E-state index contributed by atoms with van der Waals surface area (Å²) in [5.41, 5.74) is -1.14. The standard InChI is InChI=1S/C12H8BrF3N2O/c1-6-4-10(19)18-11(17-6)8-3-2-7(13)5-9(8)12(14,15)16/h2-5H,1H3,(H,17,18,19). The first kappa shape index (κ1) is 13.8. The predicted molar refractivity (Wildman–Crippen MR) is 67.7 cm³/mol. The van der Waals surface area contributed by atoms with Gasteiger partial charge < -0.3 is 4.98 Å². The Morgan fingerprint density at radius 3 is 2.53 bits per heavy atom. The second-order valence-electron chi connectivity index (χ2n) is 3.92. The first-order valence-electron chi connectivity index (χ1n) is 5.22. The highest BCUT2D eigenvalue weighted by atomic mass is 79.9. The average Bonchev–Trinajstić information content (AvgIpc) is 2.26. The molecule has 0 fully saturated rings. The van der Waals surface area contributed by atoms with E-state index >= 15 is 0 Å². The van der Waals surface area contributed by atoms with E-state index in [-0.39, 0.29) is 11.4 Å². The van der Waals surface area contributed by atoms with Crippen LogP contribution < -0.4 is 5.56 Å². The van der Waals surface area contributed by atoms with Gasteiger partial charge in [-0.15, -0.1) is 0 Å². The van der Waals surface area contributed by atoms with Crippen molar-refractivity contribution in [3.8, 4) is 11.4 Å². The lowest BCUT2D eigenvalue weighted by Crippen LogP contribution is -2.12. The molecule has 1 heterocycles. The van der Waals surface area contributed by atoms with Crippen LogP contribution in [0.2, 0.25) is 0 Å². The molecule has 0 spiro atoms. The Balaban J connectivity index is 2.72. The number of aryl methyl sites for hydroxylation is 1. The van der Waals surface area contributed by atoms with Gasteiger partial charge in [-0.2, -0.15) is 13.2 Å². The van der Waals surface area contributed by atoms with E-state index < -0.39 is 17.3 Å². The van der Waals surface area contributed by atoms with Gasteiger partial charge in [-0.25, -0.2) is 4.98 Å². The van der Waals surface area contributed by atoms with E-state index in [4.69, 9.17) is 0 Å². The van der Waals surface area contributed by atoms with Crippen LogP contribution in [0.3, 0.4) is 0 Å². The molecule has 0 saturated heterocycles. The summed E-state index contributed by atoms with van der Waals surface area (Å²) >= 11 is 3.00. The summed E-state index contributed by atoms with van der Waals surface area (Å²) in [5.74, 6) is -0.0928. The Labute approximate surface area is 114 Å². The van der Waals surface area contributed by atoms with Gasteiger partial charge in [0.25, 0.3) is 5.56 Å². The molecule has 0 aliphatic heterocycles. The van der Waals surface area contributed by atoms with Gasteiger partial charge >= 0.3 is 6.18 Å². The number of nitrogens with one attached hydrogen (secondary N) is 1. The summed E-state index contributed by atoms with van der Waals surface area (Å²) < 4.78 is 39.2. The molecule has 0 radical (unpaired) electrons. The predicted octanol–water partition coefficient (Wildman–Crippen LogP) is 3.53. The largest absolute Gasteiger partial charge is 0.417 e. The second-order valence-corrected chi connectivity index (χ2v) is 4.84. The molecule has 2 rings (SSSR count). The monoisotopic (exact) mass is 332 g/mol. The highest BCUT2D eigenvalue weighted by Crippen LogP contribution is 2.37. The number of aromatic nitrogens is 2. The van der Waals surface area contributed by atoms with Crippen molar-refractivity contribution in [2.45, 2.75) is 13.1 Å². The maximum absolute atomic E-state index is 13.0. The third kappa shape index (κ3) is 3.04. The summed E-state index contributed by atoms with van der Waals surface area (Å²) in [6.07, 6.45) is -4.53. The van der Waals surface area contributed by atoms with Crippen LogP contribution >= 0.6 is 15.9 Å². The molecule has 0 unspecified atom stereocenters. The van der Waals surface area contributed by atoms with Gasteiger partial charge in [-0.1, -0.05) is 15.9 Å². The molecule has 1 aromatic heterocycles. The van der Waals surface area contributed by atoms with Crippen LogP contribution in [0, 0.1) is 6.92 Å². The number of rotatable bonds is 1. The molecular formula is C12H8BrF3N2O. The first-order chi connectivity index (χ1) is 8.77. The van der Waals surface area contributed by atoms with E-state index in [9.17, 15) is 18.0 Å². The van der Waals surface area contributed by atoms with Crippen LogP contribution in [0.1, 0.15) is 11.3 Å². The molecule has 1 N–H and O–H groups in total. The smallest absolute Gasteiger partial charge is 0.307 e. The zero-order valence-corrected chi connectivity index (χ0v) is 11.3. The normalized spacial score (nSPS) is 11.6. The average molecular weight is 333 g/mol. The molecule has 19 heavy (non-hydrogen) atoms. The quantitative estimate of drug-likeness (QED) is 0.868. The van der Waals surface area contributed by atoms with Crippen molar-refractivity contribution in [3.63, 3.8) is 0 Å². The lowest BCUT2D eigenvalue weighted by molar-refractivity contribution is -0.137. The van der Waals surface area contributed by atoms with Crippen molar-refractivity contribution in [1.82, 2.24) is 9.97 Å². The minimum absolute atomic E-state index is 0.0928. The molecule has 3 nitrogen and oxygen atoms in total. The Morgan fingerprint density at radius 1 is 1.26 bits per heavy atom. The van der Waals surface area contributed by atoms with Crippen LogP contribution in [0.15, 0.2) is 33.5 Å². The Bertz CT molecular complexity index is 679. The van der Waals surface area contributed by atoms with Crippen molar-refractivity contribution >= 4 is 15.9 Å². The van der Waals surface area contributed by atoms with Crippen LogP contribution in [-0.4, -0.2) is 9.97 Å². The topological polar surface area (TPSA) is 45.8 Å². The van der Waals surface area contributed by atoms with E-state index in [0.29, 0.717) is 10.2 Å². The minimum atomic E-state index is -4.53. The molecule has 0 bridgehead atoms. The van der Waals surface area contributed by atoms with E-state index in [2.05, 4.69) is 25.9 Å². The fourth-order valence-corrected chi connectivity index (χ4v) is 2.03. The number of halogens is 4. The minimum Gasteiger partial charge on any atom is -0.307 e. The molecule has 0 atom stereocenters. The SMILES string of the molecule is Cc1cc(=O)[nH]c(-c2ccc(Br)cc2C(F)(F)F)n1. The van der Waals surface area contributed by atoms with E-state index in [1.165, 1.54) is 18.2 Å². The number of H-pyrrole nitrogens is 1. The van der Waals surface area contributed by atoms with Crippen molar-refractivity contribution in [2.24, 2.45) is 0 Å². The zero-order valence-electron chi connectivity index (χ0n) is 9.68. The van der Waals surface area contributed by atoms with Gasteiger partial charge in [0, 0.05) is 21.8 Å². The molecule has 0 aliphatic carbocycles. The number of aromatic amines is 1. The first-order valence-corrected chi connectivity index (χ1v) is 6.02. The van der Waals surface area contributed by atoms with Crippen molar-refractivity contribution in [2.75, 3.05) is 0 Å². The maximum Gasteiger partial charge on any atom is 0.417 e. The summed E-state index contributed by atoms with van der Waals surface area (Å²) in [4.78, 5) is 17.6. The van der Waals surface area contributed by atoms with Gasteiger partial charge in [-0.05, 0) is 25.1 Å². The highest BCUT2D eigenvalue weighted by Gasteiger charge is 2.34. The lowest BCUT2D eigenvalue weighted by Gasteiger charge is -2.12. The van der Waals surface area contributed by atoms with Crippen LogP contribution in [-0.2, 0) is 6.18 Å². The van der Waals surface area contributed by atoms with Gasteiger partial charge in [0.05, 0.1) is 5.56 Å². The third-order valence-electron chi connectivity index (χ3n) is 2.41. The lowest BCUT2D eigenvalue weighted by atomic mass is 10.1. The number of hydrogen-bond donors (Lipinski definition) is 1. The third-order valence-corrected chi connectivity index (χ3v) is 2.91. The Kier molecular flexibility index (Phi) is 3.49. The van der Waals surface area contributed by atoms with Crippen LogP contribution in [0.4, 0.5) is 13.2 Å². The number of alkyl halides is 3. The molecule has 7 heteroatoms.